The molecule has 17 heavy (non-hydrogen) atoms. The first-order chi connectivity index (χ1) is 8.29. The van der Waals surface area contributed by atoms with Crippen LogP contribution >= 0.6 is 15.9 Å². The maximum Gasteiger partial charge on any atom is 0.133 e. The van der Waals surface area contributed by atoms with Gasteiger partial charge in [0.2, 0.25) is 0 Å². The highest BCUT2D eigenvalue weighted by atomic mass is 79.9. The lowest BCUT2D eigenvalue weighted by molar-refractivity contribution is 0.0496. The van der Waals surface area contributed by atoms with Crippen LogP contribution in [0.2, 0.25) is 0 Å². The Morgan fingerprint density at radius 3 is 2.76 bits per heavy atom. The van der Waals surface area contributed by atoms with Crippen molar-refractivity contribution in [1.82, 2.24) is 0 Å². The summed E-state index contributed by atoms with van der Waals surface area (Å²) in [5, 5.41) is 0. The van der Waals surface area contributed by atoms with Crippen molar-refractivity contribution in [2.24, 2.45) is 11.7 Å². The fraction of sp³-hybridized carbons (Fsp3) is 0.538. The Morgan fingerprint density at radius 2 is 2.12 bits per heavy atom. The lowest BCUT2D eigenvalue weighted by Crippen LogP contribution is -2.21. The Balaban J connectivity index is 1.89. The van der Waals surface area contributed by atoms with Crippen molar-refractivity contribution in [3.05, 3.63) is 28.2 Å². The van der Waals surface area contributed by atoms with E-state index in [2.05, 4.69) is 15.9 Å². The number of hydrogen-bond donors (Lipinski definition) is 1. The fourth-order valence-electron chi connectivity index (χ4n) is 1.91. The van der Waals surface area contributed by atoms with E-state index in [4.69, 9.17) is 15.2 Å². The van der Waals surface area contributed by atoms with Crippen molar-refractivity contribution in [3.8, 4) is 5.75 Å². The Hall–Kier alpha value is -0.580. The van der Waals surface area contributed by atoms with Crippen molar-refractivity contribution in [1.29, 1.82) is 0 Å². The van der Waals surface area contributed by atoms with E-state index in [1.165, 1.54) is 0 Å². The lowest BCUT2D eigenvalue weighted by Gasteiger charge is -2.22. The second kappa shape index (κ2) is 6.38. The lowest BCUT2D eigenvalue weighted by atomic mass is 10.0. The summed E-state index contributed by atoms with van der Waals surface area (Å²) in [6, 6.07) is 6.00. The van der Waals surface area contributed by atoms with Crippen molar-refractivity contribution >= 4 is 15.9 Å². The van der Waals surface area contributed by atoms with Crippen molar-refractivity contribution < 1.29 is 9.47 Å². The quantitative estimate of drug-likeness (QED) is 0.930. The highest BCUT2D eigenvalue weighted by Gasteiger charge is 2.14. The third kappa shape index (κ3) is 3.69. The molecule has 0 unspecified atom stereocenters. The number of halogens is 1. The first kappa shape index (κ1) is 12.9. The van der Waals surface area contributed by atoms with E-state index in [1.54, 1.807) is 0 Å². The van der Waals surface area contributed by atoms with E-state index < -0.39 is 0 Å². The molecule has 2 N–H and O–H groups in total. The van der Waals surface area contributed by atoms with Gasteiger partial charge < -0.3 is 15.2 Å². The molecule has 0 spiro atoms. The third-order valence-electron chi connectivity index (χ3n) is 3.05. The van der Waals surface area contributed by atoms with Crippen LogP contribution in [-0.2, 0) is 11.3 Å². The molecule has 4 heteroatoms. The summed E-state index contributed by atoms with van der Waals surface area (Å²) in [5.74, 6) is 1.51. The highest BCUT2D eigenvalue weighted by molar-refractivity contribution is 9.10. The average molecular weight is 300 g/mol. The normalized spacial score (nSPS) is 17.1. The zero-order valence-electron chi connectivity index (χ0n) is 9.82. The van der Waals surface area contributed by atoms with E-state index in [1.807, 2.05) is 18.2 Å². The number of rotatable bonds is 4. The molecule has 0 bridgehead atoms. The standard InChI is InChI=1S/C13H18BrNO2/c14-12-7-11(8-15)1-2-13(12)17-9-10-3-5-16-6-4-10/h1-2,7,10H,3-6,8-9,15H2. The van der Waals surface area contributed by atoms with Gasteiger partial charge in [-0.15, -0.1) is 0 Å². The first-order valence-electron chi connectivity index (χ1n) is 5.98. The van der Waals surface area contributed by atoms with E-state index in [-0.39, 0.29) is 0 Å². The van der Waals surface area contributed by atoms with Gasteiger partial charge in [-0.1, -0.05) is 6.07 Å². The summed E-state index contributed by atoms with van der Waals surface area (Å²) >= 11 is 3.51. The van der Waals surface area contributed by atoms with Gasteiger partial charge in [-0.25, -0.2) is 0 Å². The van der Waals surface area contributed by atoms with Crippen LogP contribution in [0.4, 0.5) is 0 Å². The van der Waals surface area contributed by atoms with Gasteiger partial charge in [0.05, 0.1) is 11.1 Å². The summed E-state index contributed by atoms with van der Waals surface area (Å²) in [5.41, 5.74) is 6.69. The fourth-order valence-corrected chi connectivity index (χ4v) is 2.45. The maximum absolute atomic E-state index is 5.83. The van der Waals surface area contributed by atoms with Gasteiger partial charge >= 0.3 is 0 Å². The van der Waals surface area contributed by atoms with Crippen LogP contribution in [0, 0.1) is 5.92 Å². The SMILES string of the molecule is NCc1ccc(OCC2CCOCC2)c(Br)c1. The minimum atomic E-state index is 0.554. The monoisotopic (exact) mass is 299 g/mol. The number of ether oxygens (including phenoxy) is 2. The van der Waals surface area contributed by atoms with Gasteiger partial charge in [0, 0.05) is 19.8 Å². The van der Waals surface area contributed by atoms with Gasteiger partial charge in [0.1, 0.15) is 5.75 Å². The summed E-state index contributed by atoms with van der Waals surface area (Å²) in [4.78, 5) is 0. The van der Waals surface area contributed by atoms with Crippen LogP contribution in [0.5, 0.6) is 5.75 Å². The summed E-state index contributed by atoms with van der Waals surface area (Å²) in [7, 11) is 0. The van der Waals surface area contributed by atoms with Crippen molar-refractivity contribution in [2.45, 2.75) is 19.4 Å². The van der Waals surface area contributed by atoms with Gasteiger partial charge in [-0.3, -0.25) is 0 Å². The van der Waals surface area contributed by atoms with Crippen LogP contribution in [0.1, 0.15) is 18.4 Å². The van der Waals surface area contributed by atoms with Crippen LogP contribution < -0.4 is 10.5 Å². The molecule has 1 aliphatic heterocycles. The van der Waals surface area contributed by atoms with Gasteiger partial charge in [-0.2, -0.15) is 0 Å². The molecule has 0 saturated carbocycles. The molecule has 1 aromatic carbocycles. The van der Waals surface area contributed by atoms with Crippen LogP contribution in [0.3, 0.4) is 0 Å². The van der Waals surface area contributed by atoms with E-state index >= 15 is 0 Å². The smallest absolute Gasteiger partial charge is 0.133 e. The van der Waals surface area contributed by atoms with Gasteiger partial charge in [-0.05, 0) is 52.4 Å². The van der Waals surface area contributed by atoms with Crippen molar-refractivity contribution in [2.75, 3.05) is 19.8 Å². The maximum atomic E-state index is 5.83. The predicted octanol–water partition coefficient (Wildman–Crippen LogP) is 2.71. The topological polar surface area (TPSA) is 44.5 Å². The summed E-state index contributed by atoms with van der Waals surface area (Å²) in [6.45, 7) is 3.05. The highest BCUT2D eigenvalue weighted by Crippen LogP contribution is 2.27. The van der Waals surface area contributed by atoms with Crippen LogP contribution in [-0.4, -0.2) is 19.8 Å². The van der Waals surface area contributed by atoms with Crippen molar-refractivity contribution in [3.63, 3.8) is 0 Å². The Bertz CT molecular complexity index is 364. The second-order valence-electron chi connectivity index (χ2n) is 4.34. The molecule has 1 aliphatic rings. The molecular weight excluding hydrogens is 282 g/mol. The minimum Gasteiger partial charge on any atom is -0.492 e. The second-order valence-corrected chi connectivity index (χ2v) is 5.19. The number of hydrogen-bond acceptors (Lipinski definition) is 3. The Morgan fingerprint density at radius 1 is 1.35 bits per heavy atom. The van der Waals surface area contributed by atoms with Crippen LogP contribution in [0.25, 0.3) is 0 Å². The molecule has 0 amide bonds. The molecule has 94 valence electrons. The summed E-state index contributed by atoms with van der Waals surface area (Å²) < 4.78 is 12.1. The molecule has 1 heterocycles. The molecule has 1 aromatic rings. The summed E-state index contributed by atoms with van der Waals surface area (Å²) in [6.07, 6.45) is 2.19. The Labute approximate surface area is 110 Å². The zero-order valence-corrected chi connectivity index (χ0v) is 11.4. The molecule has 3 nitrogen and oxygen atoms in total. The number of nitrogens with two attached hydrogens (primary N) is 1. The first-order valence-corrected chi connectivity index (χ1v) is 6.78. The zero-order chi connectivity index (χ0) is 12.1. The third-order valence-corrected chi connectivity index (χ3v) is 3.67. The predicted molar refractivity (Wildman–Crippen MR) is 71.1 cm³/mol. The molecule has 2 rings (SSSR count). The Kier molecular flexibility index (Phi) is 4.83. The molecule has 0 radical (unpaired) electrons. The molecular formula is C13H18BrNO2. The average Bonchev–Trinajstić information content (AvgIpc) is 2.38. The largest absolute Gasteiger partial charge is 0.492 e. The van der Waals surface area contributed by atoms with E-state index in [0.29, 0.717) is 12.5 Å². The van der Waals surface area contributed by atoms with E-state index in [9.17, 15) is 0 Å². The molecule has 0 atom stereocenters. The van der Waals surface area contributed by atoms with Gasteiger partial charge in [0.15, 0.2) is 0 Å². The van der Waals surface area contributed by atoms with Crippen LogP contribution in [0.15, 0.2) is 22.7 Å². The molecule has 0 aliphatic carbocycles. The molecule has 1 fully saturated rings. The molecule has 0 aromatic heterocycles. The minimum absolute atomic E-state index is 0.554. The van der Waals surface area contributed by atoms with Gasteiger partial charge in [0.25, 0.3) is 0 Å². The molecule has 1 saturated heterocycles. The van der Waals surface area contributed by atoms with E-state index in [0.717, 1.165) is 48.4 Å². The number of benzene rings is 1.